The van der Waals surface area contributed by atoms with Crippen molar-refractivity contribution >= 4 is 17.2 Å². The predicted octanol–water partition coefficient (Wildman–Crippen LogP) is 3.72. The third-order valence-corrected chi connectivity index (χ3v) is 5.59. The van der Waals surface area contributed by atoms with Gasteiger partial charge in [0.25, 0.3) is 5.89 Å². The van der Waals surface area contributed by atoms with Crippen molar-refractivity contribution in [2.45, 2.75) is 39.2 Å². The molecule has 7 heteroatoms. The average Bonchev–Trinajstić information content (AvgIpc) is 3.34. The van der Waals surface area contributed by atoms with Gasteiger partial charge in [-0.3, -0.25) is 4.79 Å². The fourth-order valence-corrected chi connectivity index (χ4v) is 4.11. The highest BCUT2D eigenvalue weighted by Crippen LogP contribution is 2.34. The number of hydrogen-bond donors (Lipinski definition) is 0. The Hall–Kier alpha value is -2.54. The minimum absolute atomic E-state index is 0.104. The molecule has 0 saturated carbocycles. The van der Waals surface area contributed by atoms with E-state index < -0.39 is 0 Å². The zero-order valence-electron chi connectivity index (χ0n) is 14.8. The van der Waals surface area contributed by atoms with Crippen molar-refractivity contribution in [3.63, 3.8) is 0 Å². The summed E-state index contributed by atoms with van der Waals surface area (Å²) in [6.45, 7) is 4.68. The molecule has 1 atom stereocenters. The molecular weight excluding hydrogens is 348 g/mol. The van der Waals surface area contributed by atoms with Crippen molar-refractivity contribution in [1.82, 2.24) is 20.1 Å². The maximum Gasteiger partial charge on any atom is 0.259 e. The summed E-state index contributed by atoms with van der Waals surface area (Å²) in [6.07, 6.45) is 2.19. The van der Waals surface area contributed by atoms with Crippen molar-refractivity contribution in [3.8, 4) is 10.8 Å². The van der Waals surface area contributed by atoms with E-state index in [2.05, 4.69) is 21.2 Å². The Labute approximate surface area is 155 Å². The Morgan fingerprint density at radius 1 is 1.35 bits per heavy atom. The monoisotopic (exact) mass is 368 g/mol. The number of carbonyl (C=O) groups excluding carboxylic acids is 1. The Morgan fingerprint density at radius 3 is 3.00 bits per heavy atom. The second-order valence-electron chi connectivity index (χ2n) is 6.62. The van der Waals surface area contributed by atoms with E-state index in [0.29, 0.717) is 18.2 Å². The molecule has 1 aromatic carbocycles. The number of amides is 1. The first kappa shape index (κ1) is 16.9. The van der Waals surface area contributed by atoms with Crippen molar-refractivity contribution in [1.29, 1.82) is 0 Å². The number of aryl methyl sites for hydroxylation is 2. The van der Waals surface area contributed by atoms with Crippen LogP contribution < -0.4 is 0 Å². The van der Waals surface area contributed by atoms with Crippen molar-refractivity contribution in [2.75, 3.05) is 6.54 Å². The van der Waals surface area contributed by atoms with Crippen LogP contribution in [0.3, 0.4) is 0 Å². The maximum atomic E-state index is 12.8. The van der Waals surface area contributed by atoms with Crippen LogP contribution in [0.25, 0.3) is 10.8 Å². The molecule has 1 unspecified atom stereocenters. The highest BCUT2D eigenvalue weighted by atomic mass is 32.1. The van der Waals surface area contributed by atoms with Crippen molar-refractivity contribution in [3.05, 3.63) is 52.5 Å². The summed E-state index contributed by atoms with van der Waals surface area (Å²) >= 11 is 1.48. The molecule has 1 amide bonds. The first-order valence-corrected chi connectivity index (χ1v) is 9.58. The molecule has 0 aliphatic carbocycles. The lowest BCUT2D eigenvalue weighted by atomic mass is 10.1. The quantitative estimate of drug-likeness (QED) is 0.702. The van der Waals surface area contributed by atoms with Gasteiger partial charge in [0.2, 0.25) is 11.8 Å². The van der Waals surface area contributed by atoms with Gasteiger partial charge in [0, 0.05) is 6.54 Å². The third kappa shape index (κ3) is 3.26. The maximum absolute atomic E-state index is 12.8. The van der Waals surface area contributed by atoms with Gasteiger partial charge in [0.05, 0.1) is 17.6 Å². The van der Waals surface area contributed by atoms with E-state index in [0.717, 1.165) is 41.1 Å². The first-order chi connectivity index (χ1) is 12.6. The largest absolute Gasteiger partial charge is 0.418 e. The molecule has 0 N–H and O–H groups in total. The molecule has 1 aliphatic heterocycles. The van der Waals surface area contributed by atoms with Crippen LogP contribution in [0.4, 0.5) is 0 Å². The molecule has 134 valence electrons. The molecule has 1 aliphatic rings. The summed E-state index contributed by atoms with van der Waals surface area (Å²) in [4.78, 5) is 19.8. The standard InChI is InChI=1S/C19H20N4O2S/c1-12-5-3-6-14(9-12)10-16(24)23-8-4-7-15(23)18-21-22-19(25-18)17-13(2)20-11-26-17/h3,5-6,9,11,15H,4,7-8,10H2,1-2H3. The Balaban J connectivity index is 1.52. The molecular formula is C19H20N4O2S. The van der Waals surface area contributed by atoms with Crippen LogP contribution in [0, 0.1) is 13.8 Å². The summed E-state index contributed by atoms with van der Waals surface area (Å²) in [5, 5.41) is 8.39. The average molecular weight is 368 g/mol. The Bertz CT molecular complexity index is 933. The molecule has 3 heterocycles. The van der Waals surface area contributed by atoms with E-state index in [-0.39, 0.29) is 11.9 Å². The number of benzene rings is 1. The van der Waals surface area contributed by atoms with E-state index in [1.807, 2.05) is 36.9 Å². The smallest absolute Gasteiger partial charge is 0.259 e. The molecule has 6 nitrogen and oxygen atoms in total. The van der Waals surface area contributed by atoms with Crippen molar-refractivity contribution in [2.24, 2.45) is 0 Å². The Morgan fingerprint density at radius 2 is 2.23 bits per heavy atom. The van der Waals surface area contributed by atoms with E-state index in [1.165, 1.54) is 11.3 Å². The van der Waals surface area contributed by atoms with Gasteiger partial charge in [0.1, 0.15) is 10.9 Å². The lowest BCUT2D eigenvalue weighted by Crippen LogP contribution is -2.32. The molecule has 4 rings (SSSR count). The van der Waals surface area contributed by atoms with Crippen LogP contribution in [0.2, 0.25) is 0 Å². The van der Waals surface area contributed by atoms with Gasteiger partial charge in [-0.2, -0.15) is 0 Å². The number of hydrogen-bond acceptors (Lipinski definition) is 6. The van der Waals surface area contributed by atoms with E-state index in [4.69, 9.17) is 4.42 Å². The van der Waals surface area contributed by atoms with Gasteiger partial charge in [-0.25, -0.2) is 4.98 Å². The first-order valence-electron chi connectivity index (χ1n) is 8.70. The minimum Gasteiger partial charge on any atom is -0.418 e. The second kappa shape index (κ2) is 6.99. The van der Waals surface area contributed by atoms with Crippen LogP contribution in [-0.4, -0.2) is 32.5 Å². The molecule has 0 radical (unpaired) electrons. The number of aromatic nitrogens is 3. The fraction of sp³-hybridized carbons (Fsp3) is 0.368. The van der Waals surface area contributed by atoms with E-state index in [1.54, 1.807) is 5.51 Å². The van der Waals surface area contributed by atoms with E-state index in [9.17, 15) is 4.79 Å². The van der Waals surface area contributed by atoms with Gasteiger partial charge in [0.15, 0.2) is 0 Å². The lowest BCUT2D eigenvalue weighted by Gasteiger charge is -2.22. The van der Waals surface area contributed by atoms with Crippen LogP contribution in [0.15, 0.2) is 34.2 Å². The van der Waals surface area contributed by atoms with Gasteiger partial charge in [-0.05, 0) is 32.3 Å². The lowest BCUT2D eigenvalue weighted by molar-refractivity contribution is -0.131. The summed E-state index contributed by atoms with van der Waals surface area (Å²) in [5.41, 5.74) is 4.84. The van der Waals surface area contributed by atoms with Gasteiger partial charge in [-0.1, -0.05) is 29.8 Å². The molecule has 26 heavy (non-hydrogen) atoms. The summed E-state index contributed by atoms with van der Waals surface area (Å²) < 4.78 is 5.90. The van der Waals surface area contributed by atoms with Gasteiger partial charge in [-0.15, -0.1) is 21.5 Å². The van der Waals surface area contributed by atoms with Gasteiger partial charge >= 0.3 is 0 Å². The van der Waals surface area contributed by atoms with Crippen molar-refractivity contribution < 1.29 is 9.21 Å². The molecule has 0 bridgehead atoms. The topological polar surface area (TPSA) is 72.1 Å². The molecule has 3 aromatic rings. The SMILES string of the molecule is Cc1cccc(CC(=O)N2CCCC2c2nnc(-c3scnc3C)o2)c1. The van der Waals surface area contributed by atoms with Crippen LogP contribution >= 0.6 is 11.3 Å². The summed E-state index contributed by atoms with van der Waals surface area (Å²) in [5.74, 6) is 1.10. The Kier molecular flexibility index (Phi) is 4.55. The molecule has 1 saturated heterocycles. The number of likely N-dealkylation sites (tertiary alicyclic amines) is 1. The number of rotatable bonds is 4. The molecule has 0 spiro atoms. The highest BCUT2D eigenvalue weighted by Gasteiger charge is 2.34. The number of thiazole rings is 1. The van der Waals surface area contributed by atoms with E-state index >= 15 is 0 Å². The molecule has 2 aromatic heterocycles. The zero-order valence-corrected chi connectivity index (χ0v) is 15.6. The normalized spacial score (nSPS) is 17.0. The fourth-order valence-electron chi connectivity index (χ4n) is 3.39. The summed E-state index contributed by atoms with van der Waals surface area (Å²) in [6, 6.07) is 7.93. The van der Waals surface area contributed by atoms with Gasteiger partial charge < -0.3 is 9.32 Å². The predicted molar refractivity (Wildman–Crippen MR) is 98.7 cm³/mol. The van der Waals surface area contributed by atoms with Crippen LogP contribution in [-0.2, 0) is 11.2 Å². The molecule has 1 fully saturated rings. The number of nitrogens with zero attached hydrogens (tertiary/aromatic N) is 4. The van der Waals surface area contributed by atoms with Crippen LogP contribution in [0.1, 0.15) is 41.6 Å². The number of carbonyl (C=O) groups is 1. The third-order valence-electron chi connectivity index (χ3n) is 4.68. The zero-order chi connectivity index (χ0) is 18.1. The highest BCUT2D eigenvalue weighted by molar-refractivity contribution is 7.13. The second-order valence-corrected chi connectivity index (χ2v) is 7.48. The van der Waals surface area contributed by atoms with Crippen LogP contribution in [0.5, 0.6) is 0 Å². The summed E-state index contributed by atoms with van der Waals surface area (Å²) in [7, 11) is 0. The minimum atomic E-state index is -0.137.